The second kappa shape index (κ2) is 6.94. The molecule has 1 aliphatic rings. The van der Waals surface area contributed by atoms with E-state index in [1.807, 2.05) is 20.8 Å². The Morgan fingerprint density at radius 2 is 2.16 bits per heavy atom. The number of rotatable bonds is 4. The van der Waals surface area contributed by atoms with Crippen LogP contribution in [0.4, 0.5) is 4.79 Å². The molecule has 1 fully saturated rings. The van der Waals surface area contributed by atoms with Gasteiger partial charge in [-0.3, -0.25) is 0 Å². The maximum absolute atomic E-state index is 11.7. The lowest BCUT2D eigenvalue weighted by Crippen LogP contribution is -2.42. The molecular weight excluding hydrogens is 242 g/mol. The Labute approximate surface area is 116 Å². The van der Waals surface area contributed by atoms with Crippen LogP contribution in [0.15, 0.2) is 12.2 Å². The molecule has 0 bridgehead atoms. The van der Waals surface area contributed by atoms with Crippen molar-refractivity contribution in [3.63, 3.8) is 0 Å². The van der Waals surface area contributed by atoms with Crippen LogP contribution in [-0.4, -0.2) is 29.4 Å². The number of alkyl carbamates (subject to hydrolysis) is 1. The molecule has 0 saturated heterocycles. The molecule has 0 unspecified atom stereocenters. The van der Waals surface area contributed by atoms with Gasteiger partial charge in [0.1, 0.15) is 5.60 Å². The fourth-order valence-corrected chi connectivity index (χ4v) is 2.47. The van der Waals surface area contributed by atoms with E-state index in [1.165, 1.54) is 0 Å². The molecule has 1 aliphatic carbocycles. The molecule has 0 heterocycles. The molecule has 2 atom stereocenters. The highest BCUT2D eigenvalue weighted by molar-refractivity contribution is 5.68. The Balaban J connectivity index is 2.37. The SMILES string of the molecule is C=C1C[C@H](CCCO)CC[C@@H]1NC(=O)OC(C)(C)C. The summed E-state index contributed by atoms with van der Waals surface area (Å²) in [6.07, 6.45) is 4.43. The van der Waals surface area contributed by atoms with E-state index in [4.69, 9.17) is 9.84 Å². The maximum Gasteiger partial charge on any atom is 0.408 e. The zero-order chi connectivity index (χ0) is 14.5. The summed E-state index contributed by atoms with van der Waals surface area (Å²) in [6, 6.07) is 0.0280. The molecule has 0 aromatic rings. The van der Waals surface area contributed by atoms with Crippen molar-refractivity contribution in [1.29, 1.82) is 0 Å². The van der Waals surface area contributed by atoms with Crippen molar-refractivity contribution in [2.45, 2.75) is 64.5 Å². The number of carbonyl (C=O) groups excluding carboxylic acids is 1. The highest BCUT2D eigenvalue weighted by Gasteiger charge is 2.26. The monoisotopic (exact) mass is 269 g/mol. The van der Waals surface area contributed by atoms with Gasteiger partial charge in [-0.1, -0.05) is 12.2 Å². The zero-order valence-electron chi connectivity index (χ0n) is 12.4. The Bertz CT molecular complexity index is 320. The second-order valence-electron chi connectivity index (χ2n) is 6.37. The fourth-order valence-electron chi connectivity index (χ4n) is 2.47. The number of aliphatic hydroxyl groups excluding tert-OH is 1. The molecule has 0 spiro atoms. The highest BCUT2D eigenvalue weighted by Crippen LogP contribution is 2.30. The van der Waals surface area contributed by atoms with Crippen molar-refractivity contribution >= 4 is 6.09 Å². The third-order valence-corrected chi connectivity index (χ3v) is 3.37. The predicted octanol–water partition coefficient (Wildman–Crippen LogP) is 3.01. The van der Waals surface area contributed by atoms with Crippen LogP contribution < -0.4 is 5.32 Å². The molecule has 1 rings (SSSR count). The minimum absolute atomic E-state index is 0.0280. The Kier molecular flexibility index (Phi) is 5.85. The predicted molar refractivity (Wildman–Crippen MR) is 76.0 cm³/mol. The van der Waals surface area contributed by atoms with Gasteiger partial charge in [0.15, 0.2) is 0 Å². The molecule has 1 saturated carbocycles. The first-order valence-corrected chi connectivity index (χ1v) is 7.10. The standard InChI is InChI=1S/C15H27NO3/c1-11-10-12(6-5-9-17)7-8-13(11)16-14(18)19-15(2,3)4/h12-13,17H,1,5-10H2,2-4H3,(H,16,18)/t12-,13+/m1/s1. The normalized spacial score (nSPS) is 24.1. The van der Waals surface area contributed by atoms with Crippen LogP contribution in [0.25, 0.3) is 0 Å². The third kappa shape index (κ3) is 6.10. The van der Waals surface area contributed by atoms with Crippen molar-refractivity contribution in [3.05, 3.63) is 12.2 Å². The summed E-state index contributed by atoms with van der Waals surface area (Å²) in [5.74, 6) is 0.594. The first-order valence-electron chi connectivity index (χ1n) is 7.10. The average Bonchev–Trinajstić information content (AvgIpc) is 2.27. The molecule has 0 aromatic carbocycles. The van der Waals surface area contributed by atoms with E-state index < -0.39 is 5.60 Å². The molecule has 110 valence electrons. The maximum atomic E-state index is 11.7. The number of aliphatic hydroxyl groups is 1. The summed E-state index contributed by atoms with van der Waals surface area (Å²) in [7, 11) is 0. The minimum Gasteiger partial charge on any atom is -0.444 e. The van der Waals surface area contributed by atoms with E-state index >= 15 is 0 Å². The topological polar surface area (TPSA) is 58.6 Å². The number of nitrogens with one attached hydrogen (secondary N) is 1. The van der Waals surface area contributed by atoms with Gasteiger partial charge in [-0.25, -0.2) is 4.79 Å². The average molecular weight is 269 g/mol. The van der Waals surface area contributed by atoms with Crippen molar-refractivity contribution in [2.75, 3.05) is 6.61 Å². The van der Waals surface area contributed by atoms with Crippen molar-refractivity contribution in [1.82, 2.24) is 5.32 Å². The fraction of sp³-hybridized carbons (Fsp3) is 0.800. The summed E-state index contributed by atoms with van der Waals surface area (Å²) in [6.45, 7) is 9.89. The molecule has 0 aliphatic heterocycles. The summed E-state index contributed by atoms with van der Waals surface area (Å²) in [5, 5.41) is 11.7. The third-order valence-electron chi connectivity index (χ3n) is 3.37. The van der Waals surface area contributed by atoms with Crippen molar-refractivity contribution in [3.8, 4) is 0 Å². The molecular formula is C15H27NO3. The van der Waals surface area contributed by atoms with Crippen molar-refractivity contribution in [2.24, 2.45) is 5.92 Å². The summed E-state index contributed by atoms with van der Waals surface area (Å²) in [4.78, 5) is 11.7. The van der Waals surface area contributed by atoms with Gasteiger partial charge in [0.25, 0.3) is 0 Å². The van der Waals surface area contributed by atoms with E-state index in [2.05, 4.69) is 11.9 Å². The molecule has 0 aromatic heterocycles. The number of hydrogen-bond donors (Lipinski definition) is 2. The number of hydrogen-bond acceptors (Lipinski definition) is 3. The lowest BCUT2D eigenvalue weighted by Gasteiger charge is -2.32. The molecule has 19 heavy (non-hydrogen) atoms. The first-order chi connectivity index (χ1) is 8.81. The van der Waals surface area contributed by atoms with Gasteiger partial charge >= 0.3 is 6.09 Å². The molecule has 1 amide bonds. The number of carbonyl (C=O) groups is 1. The van der Waals surface area contributed by atoms with E-state index in [1.54, 1.807) is 0 Å². The Morgan fingerprint density at radius 3 is 2.68 bits per heavy atom. The van der Waals surface area contributed by atoms with Crippen LogP contribution in [0.5, 0.6) is 0 Å². The lowest BCUT2D eigenvalue weighted by molar-refractivity contribution is 0.0503. The largest absolute Gasteiger partial charge is 0.444 e. The molecule has 4 heteroatoms. The van der Waals surface area contributed by atoms with Gasteiger partial charge in [0, 0.05) is 6.61 Å². The van der Waals surface area contributed by atoms with Crippen LogP contribution >= 0.6 is 0 Å². The van der Waals surface area contributed by atoms with Gasteiger partial charge in [-0.05, 0) is 58.8 Å². The zero-order valence-corrected chi connectivity index (χ0v) is 12.4. The van der Waals surface area contributed by atoms with E-state index in [-0.39, 0.29) is 18.7 Å². The van der Waals surface area contributed by atoms with Gasteiger partial charge in [0.05, 0.1) is 6.04 Å². The van der Waals surface area contributed by atoms with Crippen LogP contribution in [-0.2, 0) is 4.74 Å². The Morgan fingerprint density at radius 1 is 1.47 bits per heavy atom. The Hall–Kier alpha value is -1.03. The molecule has 4 nitrogen and oxygen atoms in total. The smallest absolute Gasteiger partial charge is 0.408 e. The minimum atomic E-state index is -0.469. The van der Waals surface area contributed by atoms with E-state index in [9.17, 15) is 4.79 Å². The lowest BCUT2D eigenvalue weighted by atomic mass is 9.81. The van der Waals surface area contributed by atoms with Crippen LogP contribution in [0.2, 0.25) is 0 Å². The summed E-state index contributed by atoms with van der Waals surface area (Å²) < 4.78 is 5.26. The van der Waals surface area contributed by atoms with Gasteiger partial charge in [0.2, 0.25) is 0 Å². The molecule has 2 N–H and O–H groups in total. The summed E-state index contributed by atoms with van der Waals surface area (Å²) >= 11 is 0. The van der Waals surface area contributed by atoms with E-state index in [0.717, 1.165) is 37.7 Å². The van der Waals surface area contributed by atoms with Gasteiger partial charge < -0.3 is 15.2 Å². The second-order valence-corrected chi connectivity index (χ2v) is 6.37. The molecule has 0 radical (unpaired) electrons. The van der Waals surface area contributed by atoms with Gasteiger partial charge in [-0.2, -0.15) is 0 Å². The van der Waals surface area contributed by atoms with E-state index in [0.29, 0.717) is 5.92 Å². The van der Waals surface area contributed by atoms with Crippen LogP contribution in [0.3, 0.4) is 0 Å². The van der Waals surface area contributed by atoms with Crippen LogP contribution in [0, 0.1) is 5.92 Å². The van der Waals surface area contributed by atoms with Gasteiger partial charge in [-0.15, -0.1) is 0 Å². The number of amides is 1. The summed E-state index contributed by atoms with van der Waals surface area (Å²) in [5.41, 5.74) is 0.601. The highest BCUT2D eigenvalue weighted by atomic mass is 16.6. The number of ether oxygens (including phenoxy) is 1. The first kappa shape index (κ1) is 16.0. The van der Waals surface area contributed by atoms with Crippen LogP contribution in [0.1, 0.15) is 52.9 Å². The van der Waals surface area contributed by atoms with Crippen molar-refractivity contribution < 1.29 is 14.6 Å². The quantitative estimate of drug-likeness (QED) is 0.771.